The monoisotopic (exact) mass is 465 g/mol. The summed E-state index contributed by atoms with van der Waals surface area (Å²) in [5, 5.41) is 3.02. The van der Waals surface area contributed by atoms with E-state index in [0.29, 0.717) is 59.2 Å². The molecule has 1 unspecified atom stereocenters. The molecule has 9 nitrogen and oxygen atoms in total. The number of nitrogens with one attached hydrogen (secondary N) is 1. The van der Waals surface area contributed by atoms with E-state index in [0.717, 1.165) is 12.1 Å². The summed E-state index contributed by atoms with van der Waals surface area (Å²) in [4.78, 5) is 29.3. The van der Waals surface area contributed by atoms with Crippen molar-refractivity contribution >= 4 is 11.8 Å². The maximum atomic E-state index is 13.0. The van der Waals surface area contributed by atoms with Crippen molar-refractivity contribution in [2.24, 2.45) is 0 Å². The Morgan fingerprint density at radius 3 is 2.48 bits per heavy atom. The van der Waals surface area contributed by atoms with Crippen molar-refractivity contribution < 1.29 is 28.5 Å². The van der Waals surface area contributed by atoms with Crippen LogP contribution in [0.5, 0.6) is 0 Å². The van der Waals surface area contributed by atoms with E-state index in [4.69, 9.17) is 18.9 Å². The average Bonchev–Trinajstić information content (AvgIpc) is 2.82. The molecule has 0 radical (unpaired) electrons. The van der Waals surface area contributed by atoms with Crippen LogP contribution < -0.4 is 5.32 Å². The number of methoxy groups -OCH3 is 1. The van der Waals surface area contributed by atoms with Gasteiger partial charge in [-0.1, -0.05) is 24.3 Å². The molecule has 0 fully saturated rings. The largest absolute Gasteiger partial charge is 0.382 e. The molecule has 2 amide bonds. The first-order valence-electron chi connectivity index (χ1n) is 11.5. The highest BCUT2D eigenvalue weighted by Gasteiger charge is 2.31. The zero-order valence-electron chi connectivity index (χ0n) is 20.2. The van der Waals surface area contributed by atoms with Gasteiger partial charge in [0.05, 0.1) is 39.6 Å². The number of ether oxygens (including phenoxy) is 4. The Morgan fingerprint density at radius 1 is 1.03 bits per heavy atom. The normalized spacial score (nSPS) is 15.4. The maximum Gasteiger partial charge on any atom is 0.249 e. The first kappa shape index (κ1) is 27.2. The van der Waals surface area contributed by atoms with Gasteiger partial charge in [0.15, 0.2) is 0 Å². The van der Waals surface area contributed by atoms with Gasteiger partial charge in [-0.05, 0) is 24.6 Å². The van der Waals surface area contributed by atoms with Gasteiger partial charge in [-0.3, -0.25) is 9.59 Å². The molecule has 33 heavy (non-hydrogen) atoms. The third kappa shape index (κ3) is 9.77. The standard InChI is InChI=1S/C24H39N3O6/c1-25-8-10-31-11-9-26(2)23(28)17-22-16-20-6-4-5-7-21(20)18-27(22)24(29)19-33-15-14-32-13-12-30-3/h4-7,22,25H,8-19H2,1-3H3. The molecule has 0 aliphatic carbocycles. The lowest BCUT2D eigenvalue weighted by Crippen LogP contribution is -2.48. The van der Waals surface area contributed by atoms with E-state index >= 15 is 0 Å². The molecule has 0 saturated heterocycles. The highest BCUT2D eigenvalue weighted by Crippen LogP contribution is 2.25. The number of hydrogen-bond acceptors (Lipinski definition) is 7. The number of carbonyl (C=O) groups excluding carboxylic acids is 2. The van der Waals surface area contributed by atoms with E-state index < -0.39 is 0 Å². The van der Waals surface area contributed by atoms with E-state index in [9.17, 15) is 9.59 Å². The van der Waals surface area contributed by atoms with Gasteiger partial charge in [-0.25, -0.2) is 0 Å². The van der Waals surface area contributed by atoms with Gasteiger partial charge in [0.1, 0.15) is 6.61 Å². The van der Waals surface area contributed by atoms with Crippen molar-refractivity contribution in [2.75, 3.05) is 80.5 Å². The molecule has 1 atom stereocenters. The van der Waals surface area contributed by atoms with Crippen molar-refractivity contribution in [3.8, 4) is 0 Å². The third-order valence-corrected chi connectivity index (χ3v) is 5.61. The smallest absolute Gasteiger partial charge is 0.249 e. The fourth-order valence-electron chi connectivity index (χ4n) is 3.63. The molecule has 1 N–H and O–H groups in total. The number of nitrogens with zero attached hydrogens (tertiary/aromatic N) is 2. The molecule has 9 heteroatoms. The minimum absolute atomic E-state index is 0.00172. The summed E-state index contributed by atoms with van der Waals surface area (Å²) in [6.07, 6.45) is 0.924. The van der Waals surface area contributed by atoms with E-state index in [1.807, 2.05) is 25.2 Å². The maximum absolute atomic E-state index is 13.0. The molecule has 0 bridgehead atoms. The van der Waals surface area contributed by atoms with Crippen LogP contribution in [0.15, 0.2) is 24.3 Å². The molecular weight excluding hydrogens is 426 g/mol. The van der Waals surface area contributed by atoms with E-state index in [1.165, 1.54) is 5.56 Å². The Bertz CT molecular complexity index is 717. The van der Waals surface area contributed by atoms with Crippen molar-refractivity contribution in [1.82, 2.24) is 15.1 Å². The van der Waals surface area contributed by atoms with Gasteiger partial charge in [0.2, 0.25) is 11.8 Å². The second-order valence-electron chi connectivity index (χ2n) is 8.04. The second kappa shape index (κ2) is 15.7. The summed E-state index contributed by atoms with van der Waals surface area (Å²) in [5.74, 6) is -0.112. The van der Waals surface area contributed by atoms with Crippen LogP contribution in [0, 0.1) is 0 Å². The quantitative estimate of drug-likeness (QED) is 0.360. The second-order valence-corrected chi connectivity index (χ2v) is 8.04. The number of likely N-dealkylation sites (N-methyl/N-ethyl adjacent to an activating group) is 2. The summed E-state index contributed by atoms with van der Waals surface area (Å²) in [7, 11) is 5.27. The topological polar surface area (TPSA) is 89.6 Å². The first-order valence-corrected chi connectivity index (χ1v) is 11.5. The molecule has 186 valence electrons. The highest BCUT2D eigenvalue weighted by atomic mass is 16.5. The molecular formula is C24H39N3O6. The molecule has 1 aliphatic rings. The average molecular weight is 466 g/mol. The zero-order chi connectivity index (χ0) is 23.9. The van der Waals surface area contributed by atoms with Crippen LogP contribution in [0.2, 0.25) is 0 Å². The fraction of sp³-hybridized carbons (Fsp3) is 0.667. The van der Waals surface area contributed by atoms with Gasteiger partial charge in [-0.15, -0.1) is 0 Å². The Balaban J connectivity index is 1.88. The van der Waals surface area contributed by atoms with E-state index in [1.54, 1.807) is 24.0 Å². The molecule has 1 aromatic rings. The van der Waals surface area contributed by atoms with Gasteiger partial charge < -0.3 is 34.1 Å². The predicted molar refractivity (Wildman–Crippen MR) is 125 cm³/mol. The van der Waals surface area contributed by atoms with Crippen molar-refractivity contribution in [3.05, 3.63) is 35.4 Å². The molecule has 0 spiro atoms. The van der Waals surface area contributed by atoms with Gasteiger partial charge in [0, 0.05) is 46.3 Å². The Morgan fingerprint density at radius 2 is 1.73 bits per heavy atom. The molecule has 2 rings (SSSR count). The third-order valence-electron chi connectivity index (χ3n) is 5.61. The number of benzene rings is 1. The van der Waals surface area contributed by atoms with Crippen molar-refractivity contribution in [1.29, 1.82) is 0 Å². The number of amides is 2. The Hall–Kier alpha value is -2.04. The number of rotatable bonds is 16. The summed E-state index contributed by atoms with van der Waals surface area (Å²) in [5.41, 5.74) is 2.30. The van der Waals surface area contributed by atoms with Crippen molar-refractivity contribution in [3.63, 3.8) is 0 Å². The minimum Gasteiger partial charge on any atom is -0.382 e. The molecule has 1 aliphatic heterocycles. The molecule has 1 heterocycles. The summed E-state index contributed by atoms with van der Waals surface area (Å²) in [6.45, 7) is 4.60. The van der Waals surface area contributed by atoms with Crippen LogP contribution in [-0.2, 0) is 41.5 Å². The SMILES string of the molecule is CNCCOCCN(C)C(=O)CC1Cc2ccccc2CN1C(=O)COCCOCCOC. The van der Waals surface area contributed by atoms with Gasteiger partial charge in [0.25, 0.3) is 0 Å². The Labute approximate surface area is 197 Å². The highest BCUT2D eigenvalue weighted by molar-refractivity contribution is 5.81. The van der Waals surface area contributed by atoms with Crippen LogP contribution in [0.3, 0.4) is 0 Å². The van der Waals surface area contributed by atoms with Crippen LogP contribution >= 0.6 is 0 Å². The van der Waals surface area contributed by atoms with E-state index in [2.05, 4.69) is 11.4 Å². The number of carbonyl (C=O) groups is 2. The van der Waals surface area contributed by atoms with Crippen LogP contribution in [0.1, 0.15) is 17.5 Å². The molecule has 0 aromatic heterocycles. The lowest BCUT2D eigenvalue weighted by Gasteiger charge is -2.37. The summed E-state index contributed by atoms with van der Waals surface area (Å²) in [6, 6.07) is 7.88. The van der Waals surface area contributed by atoms with Gasteiger partial charge in [-0.2, -0.15) is 0 Å². The number of hydrogen-bond donors (Lipinski definition) is 1. The minimum atomic E-state index is -0.200. The summed E-state index contributed by atoms with van der Waals surface area (Å²) < 4.78 is 21.3. The first-order chi connectivity index (χ1) is 16.1. The number of fused-ring (bicyclic) bond motifs is 1. The predicted octanol–water partition coefficient (Wildman–Crippen LogP) is 0.704. The van der Waals surface area contributed by atoms with Gasteiger partial charge >= 0.3 is 0 Å². The van der Waals surface area contributed by atoms with E-state index in [-0.39, 0.29) is 30.9 Å². The van der Waals surface area contributed by atoms with Crippen LogP contribution in [0.4, 0.5) is 0 Å². The summed E-state index contributed by atoms with van der Waals surface area (Å²) >= 11 is 0. The molecule has 1 aromatic carbocycles. The Kier molecular flexibility index (Phi) is 13.0. The van der Waals surface area contributed by atoms with Crippen LogP contribution in [0.25, 0.3) is 0 Å². The van der Waals surface area contributed by atoms with Crippen molar-refractivity contribution in [2.45, 2.75) is 25.4 Å². The fourth-order valence-corrected chi connectivity index (χ4v) is 3.63. The zero-order valence-corrected chi connectivity index (χ0v) is 20.2. The molecule has 0 saturated carbocycles. The van der Waals surface area contributed by atoms with Crippen LogP contribution in [-0.4, -0.2) is 108 Å². The lowest BCUT2D eigenvalue weighted by atomic mass is 9.92. The lowest BCUT2D eigenvalue weighted by molar-refractivity contribution is -0.142.